The molecule has 2 atom stereocenters. The van der Waals surface area contributed by atoms with Crippen molar-refractivity contribution in [2.75, 3.05) is 31.1 Å². The normalized spacial score (nSPS) is 21.6. The van der Waals surface area contributed by atoms with Crippen LogP contribution in [0.2, 0.25) is 0 Å². The van der Waals surface area contributed by atoms with E-state index in [1.165, 1.54) is 12.1 Å². The van der Waals surface area contributed by atoms with Crippen LogP contribution < -0.4 is 4.90 Å². The molecule has 9 heteroatoms. The van der Waals surface area contributed by atoms with Crippen LogP contribution in [-0.4, -0.2) is 64.5 Å². The maximum atomic E-state index is 13.4. The first-order chi connectivity index (χ1) is 18.0. The summed E-state index contributed by atoms with van der Waals surface area (Å²) in [5.41, 5.74) is 2.98. The lowest BCUT2D eigenvalue weighted by molar-refractivity contribution is -0.384. The number of carbonyl (C=O) groups is 2. The van der Waals surface area contributed by atoms with E-state index in [9.17, 15) is 19.7 Å². The van der Waals surface area contributed by atoms with E-state index in [2.05, 4.69) is 11.8 Å². The van der Waals surface area contributed by atoms with E-state index in [1.807, 2.05) is 43.9 Å². The Morgan fingerprint density at radius 3 is 2.26 bits per heavy atom. The Morgan fingerprint density at radius 1 is 0.974 bits per heavy atom. The highest BCUT2D eigenvalue weighted by Crippen LogP contribution is 2.49. The molecule has 0 aromatic heterocycles. The van der Waals surface area contributed by atoms with Gasteiger partial charge in [-0.25, -0.2) is 4.79 Å². The Balaban J connectivity index is 1.48. The number of benzene rings is 2. The molecule has 2 unspecified atom stereocenters. The lowest BCUT2D eigenvalue weighted by atomic mass is 9.88. The number of hydrogen-bond acceptors (Lipinski definition) is 6. The Kier molecular flexibility index (Phi) is 6.79. The molecule has 2 saturated heterocycles. The fourth-order valence-corrected chi connectivity index (χ4v) is 5.89. The predicted molar refractivity (Wildman–Crippen MR) is 145 cm³/mol. The Hall–Kier alpha value is -3.62. The number of nitro benzene ring substituents is 1. The minimum absolute atomic E-state index is 0.0180. The van der Waals surface area contributed by atoms with Gasteiger partial charge in [-0.2, -0.15) is 0 Å². The molecule has 5 rings (SSSR count). The molecule has 0 spiro atoms. The molecular weight excluding hydrogens is 484 g/mol. The number of rotatable bonds is 3. The molecule has 0 aliphatic carbocycles. The van der Waals surface area contributed by atoms with Gasteiger partial charge < -0.3 is 19.4 Å². The molecule has 3 aliphatic heterocycles. The van der Waals surface area contributed by atoms with Crippen molar-refractivity contribution >= 4 is 29.1 Å². The second-order valence-corrected chi connectivity index (χ2v) is 11.8. The number of amides is 2. The minimum Gasteiger partial charge on any atom is -0.444 e. The van der Waals surface area contributed by atoms with Crippen LogP contribution in [0.3, 0.4) is 0 Å². The van der Waals surface area contributed by atoms with Crippen molar-refractivity contribution in [2.24, 2.45) is 5.92 Å². The Labute approximate surface area is 223 Å². The highest BCUT2D eigenvalue weighted by molar-refractivity contribution is 5.95. The first-order valence-electron chi connectivity index (χ1n) is 13.5. The van der Waals surface area contributed by atoms with E-state index >= 15 is 0 Å². The first kappa shape index (κ1) is 26.0. The smallest absolute Gasteiger partial charge is 0.410 e. The SMILES string of the molecule is CC1CCN(C(=O)c2ccc3c(c2)C2CN(C(=O)OC(C)(C)C)CCC2N3c2ccc([N+](=O)[O-])cc2)CC1. The van der Waals surface area contributed by atoms with E-state index in [0.717, 1.165) is 42.9 Å². The zero-order chi connectivity index (χ0) is 27.2. The zero-order valence-electron chi connectivity index (χ0n) is 22.6. The van der Waals surface area contributed by atoms with E-state index in [0.29, 0.717) is 31.0 Å². The number of nitrogens with zero attached hydrogens (tertiary/aromatic N) is 4. The molecule has 2 aromatic carbocycles. The molecule has 9 nitrogen and oxygen atoms in total. The van der Waals surface area contributed by atoms with Gasteiger partial charge in [0, 0.05) is 67.2 Å². The topological polar surface area (TPSA) is 96.2 Å². The molecule has 2 fully saturated rings. The summed E-state index contributed by atoms with van der Waals surface area (Å²) in [6, 6.07) is 12.5. The van der Waals surface area contributed by atoms with Gasteiger partial charge in [0.2, 0.25) is 0 Å². The quantitative estimate of drug-likeness (QED) is 0.380. The number of nitro groups is 1. The molecule has 3 aliphatic rings. The van der Waals surface area contributed by atoms with Gasteiger partial charge >= 0.3 is 6.09 Å². The monoisotopic (exact) mass is 520 g/mol. The predicted octanol–water partition coefficient (Wildman–Crippen LogP) is 5.71. The molecule has 3 heterocycles. The maximum Gasteiger partial charge on any atom is 0.410 e. The van der Waals surface area contributed by atoms with Gasteiger partial charge in [-0.05, 0) is 81.8 Å². The Bertz CT molecular complexity index is 1230. The Morgan fingerprint density at radius 2 is 1.63 bits per heavy atom. The van der Waals surface area contributed by atoms with Gasteiger partial charge in [-0.15, -0.1) is 0 Å². The second-order valence-electron chi connectivity index (χ2n) is 11.8. The summed E-state index contributed by atoms with van der Waals surface area (Å²) in [6.45, 7) is 10.4. The van der Waals surface area contributed by atoms with Crippen LogP contribution in [0.25, 0.3) is 0 Å². The number of carbonyl (C=O) groups excluding carboxylic acids is 2. The zero-order valence-corrected chi connectivity index (χ0v) is 22.6. The number of fused-ring (bicyclic) bond motifs is 3. The third kappa shape index (κ3) is 5.06. The highest BCUT2D eigenvalue weighted by Gasteiger charge is 2.44. The van der Waals surface area contributed by atoms with Gasteiger partial charge in [0.1, 0.15) is 5.60 Å². The van der Waals surface area contributed by atoms with Gasteiger partial charge in [0.15, 0.2) is 0 Å². The second kappa shape index (κ2) is 9.93. The van der Waals surface area contributed by atoms with Crippen molar-refractivity contribution in [2.45, 2.75) is 64.5 Å². The van der Waals surface area contributed by atoms with Crippen LogP contribution in [0.15, 0.2) is 42.5 Å². The van der Waals surface area contributed by atoms with Gasteiger partial charge in [0.05, 0.1) is 4.92 Å². The molecular formula is C29H36N4O5. The molecule has 0 bridgehead atoms. The molecule has 0 saturated carbocycles. The average molecular weight is 521 g/mol. The lowest BCUT2D eigenvalue weighted by Gasteiger charge is -2.39. The molecule has 38 heavy (non-hydrogen) atoms. The number of non-ortho nitro benzene ring substituents is 1. The number of anilines is 2. The summed E-state index contributed by atoms with van der Waals surface area (Å²) in [6.07, 6.45) is 2.41. The summed E-state index contributed by atoms with van der Waals surface area (Å²) < 4.78 is 5.66. The van der Waals surface area contributed by atoms with E-state index in [1.54, 1.807) is 17.0 Å². The van der Waals surface area contributed by atoms with Crippen LogP contribution in [0, 0.1) is 16.0 Å². The number of piperidine rings is 2. The third-order valence-corrected chi connectivity index (χ3v) is 7.90. The molecule has 0 radical (unpaired) electrons. The summed E-state index contributed by atoms with van der Waals surface area (Å²) in [7, 11) is 0. The highest BCUT2D eigenvalue weighted by atomic mass is 16.6. The van der Waals surface area contributed by atoms with Crippen LogP contribution in [-0.2, 0) is 4.74 Å². The fourth-order valence-electron chi connectivity index (χ4n) is 5.89. The lowest BCUT2D eigenvalue weighted by Crippen LogP contribution is -2.48. The first-order valence-corrected chi connectivity index (χ1v) is 13.5. The van der Waals surface area contributed by atoms with Crippen LogP contribution in [0.4, 0.5) is 21.9 Å². The van der Waals surface area contributed by atoms with Crippen LogP contribution in [0.1, 0.15) is 68.8 Å². The molecule has 0 N–H and O–H groups in total. The van der Waals surface area contributed by atoms with Crippen molar-refractivity contribution in [3.63, 3.8) is 0 Å². The maximum absolute atomic E-state index is 13.4. The van der Waals surface area contributed by atoms with E-state index in [-0.39, 0.29) is 29.6 Å². The fraction of sp³-hybridized carbons (Fsp3) is 0.517. The molecule has 202 valence electrons. The van der Waals surface area contributed by atoms with Crippen molar-refractivity contribution in [3.8, 4) is 0 Å². The average Bonchev–Trinajstić information content (AvgIpc) is 3.20. The summed E-state index contributed by atoms with van der Waals surface area (Å²) >= 11 is 0. The van der Waals surface area contributed by atoms with Crippen molar-refractivity contribution in [3.05, 3.63) is 63.7 Å². The minimum atomic E-state index is -0.585. The van der Waals surface area contributed by atoms with Crippen LogP contribution >= 0.6 is 0 Å². The number of hydrogen-bond donors (Lipinski definition) is 0. The van der Waals surface area contributed by atoms with Gasteiger partial charge in [-0.1, -0.05) is 6.92 Å². The largest absolute Gasteiger partial charge is 0.444 e. The molecule has 2 aromatic rings. The van der Waals surface area contributed by atoms with Gasteiger partial charge in [0.25, 0.3) is 11.6 Å². The summed E-state index contributed by atoms with van der Waals surface area (Å²) in [4.78, 5) is 43.1. The summed E-state index contributed by atoms with van der Waals surface area (Å²) in [5.74, 6) is 0.664. The van der Waals surface area contributed by atoms with Crippen LogP contribution in [0.5, 0.6) is 0 Å². The van der Waals surface area contributed by atoms with Crippen molar-refractivity contribution < 1.29 is 19.2 Å². The van der Waals surface area contributed by atoms with E-state index < -0.39 is 10.5 Å². The molecule has 2 amide bonds. The van der Waals surface area contributed by atoms with E-state index in [4.69, 9.17) is 4.74 Å². The third-order valence-electron chi connectivity index (χ3n) is 7.90. The van der Waals surface area contributed by atoms with Crippen molar-refractivity contribution in [1.82, 2.24) is 9.80 Å². The van der Waals surface area contributed by atoms with Gasteiger partial charge in [-0.3, -0.25) is 14.9 Å². The summed E-state index contributed by atoms with van der Waals surface area (Å²) in [5, 5.41) is 11.2. The number of ether oxygens (including phenoxy) is 1. The number of likely N-dealkylation sites (tertiary alicyclic amines) is 2. The van der Waals surface area contributed by atoms with Crippen molar-refractivity contribution in [1.29, 1.82) is 0 Å². The standard InChI is InChI=1S/C29H36N4O5/c1-19-11-14-30(15-12-19)27(34)20-5-10-25-23(17-20)24-18-31(28(35)38-29(2,3)4)16-13-26(24)32(25)21-6-8-22(9-7-21)33(36)37/h5-10,17,19,24,26H,11-16,18H2,1-4H3.